The molecule has 0 N–H and O–H groups in total. The highest BCUT2D eigenvalue weighted by molar-refractivity contribution is 6.29. The van der Waals surface area contributed by atoms with Gasteiger partial charge in [0.2, 0.25) is 5.88 Å². The number of hydrogen-bond donors (Lipinski definition) is 0. The van der Waals surface area contributed by atoms with E-state index in [-0.39, 0.29) is 0 Å². The Morgan fingerprint density at radius 3 is 2.73 bits per heavy atom. The van der Waals surface area contributed by atoms with Crippen LogP contribution in [0.1, 0.15) is 0 Å². The second kappa shape index (κ2) is 7.45. The molecule has 1 aromatic rings. The minimum Gasteiger partial charge on any atom is -0.475 e. The van der Waals surface area contributed by atoms with Crippen LogP contribution in [0, 0.1) is 0 Å². The van der Waals surface area contributed by atoms with Gasteiger partial charge in [-0.05, 0) is 6.07 Å². The zero-order chi connectivity index (χ0) is 10.9. The second-order valence-electron chi connectivity index (χ2n) is 2.75. The summed E-state index contributed by atoms with van der Waals surface area (Å²) in [6.07, 6.45) is 0. The molecule has 0 amide bonds. The number of ether oxygens (including phenoxy) is 3. The van der Waals surface area contributed by atoms with E-state index in [2.05, 4.69) is 4.98 Å². The van der Waals surface area contributed by atoms with Gasteiger partial charge in [-0.2, -0.15) is 0 Å². The first kappa shape index (κ1) is 12.2. The van der Waals surface area contributed by atoms with Crippen LogP contribution in [0.4, 0.5) is 0 Å². The van der Waals surface area contributed by atoms with Gasteiger partial charge in [-0.3, -0.25) is 0 Å². The molecule has 0 aliphatic heterocycles. The number of pyridine rings is 1. The molecular weight excluding hydrogens is 218 g/mol. The van der Waals surface area contributed by atoms with E-state index in [1.165, 1.54) is 0 Å². The van der Waals surface area contributed by atoms with Crippen molar-refractivity contribution in [2.45, 2.75) is 0 Å². The molecule has 0 unspecified atom stereocenters. The summed E-state index contributed by atoms with van der Waals surface area (Å²) in [7, 11) is 1.63. The molecule has 0 saturated carbocycles. The molecule has 1 aromatic heterocycles. The van der Waals surface area contributed by atoms with Crippen molar-refractivity contribution in [1.82, 2.24) is 4.98 Å². The maximum atomic E-state index is 5.69. The molecular formula is C10H14ClNO3. The molecule has 15 heavy (non-hydrogen) atoms. The van der Waals surface area contributed by atoms with E-state index in [9.17, 15) is 0 Å². The lowest BCUT2D eigenvalue weighted by atomic mass is 10.5. The van der Waals surface area contributed by atoms with E-state index < -0.39 is 0 Å². The third-order valence-corrected chi connectivity index (χ3v) is 1.81. The minimum atomic E-state index is 0.424. The van der Waals surface area contributed by atoms with Crippen LogP contribution in [-0.4, -0.2) is 38.5 Å². The van der Waals surface area contributed by atoms with Crippen molar-refractivity contribution < 1.29 is 14.2 Å². The maximum absolute atomic E-state index is 5.69. The fourth-order valence-corrected chi connectivity index (χ4v) is 1.08. The first-order valence-electron chi connectivity index (χ1n) is 4.65. The van der Waals surface area contributed by atoms with E-state index >= 15 is 0 Å². The zero-order valence-electron chi connectivity index (χ0n) is 8.61. The Morgan fingerprint density at radius 1 is 1.20 bits per heavy atom. The largest absolute Gasteiger partial charge is 0.475 e. The van der Waals surface area contributed by atoms with Crippen LogP contribution in [0.5, 0.6) is 5.88 Å². The highest BCUT2D eigenvalue weighted by atomic mass is 35.5. The molecule has 0 atom stereocenters. The third kappa shape index (κ3) is 5.57. The van der Waals surface area contributed by atoms with Gasteiger partial charge < -0.3 is 14.2 Å². The summed E-state index contributed by atoms with van der Waals surface area (Å²) < 4.78 is 15.3. The molecule has 1 rings (SSSR count). The van der Waals surface area contributed by atoms with E-state index in [0.29, 0.717) is 37.5 Å². The Hall–Kier alpha value is -0.840. The molecule has 0 radical (unpaired) electrons. The normalized spacial score (nSPS) is 10.3. The standard InChI is InChI=1S/C10H14ClNO3/c1-13-5-6-14-7-8-15-10-4-2-3-9(11)12-10/h2-4H,5-8H2,1H3. The second-order valence-corrected chi connectivity index (χ2v) is 3.14. The summed E-state index contributed by atoms with van der Waals surface area (Å²) in [6, 6.07) is 5.24. The first-order chi connectivity index (χ1) is 7.33. The van der Waals surface area contributed by atoms with Crippen LogP contribution >= 0.6 is 11.6 Å². The van der Waals surface area contributed by atoms with Gasteiger partial charge in [-0.15, -0.1) is 0 Å². The van der Waals surface area contributed by atoms with Gasteiger partial charge in [-0.25, -0.2) is 4.98 Å². The van der Waals surface area contributed by atoms with E-state index in [0.717, 1.165) is 0 Å². The van der Waals surface area contributed by atoms with Crippen LogP contribution in [0.3, 0.4) is 0 Å². The molecule has 0 bridgehead atoms. The van der Waals surface area contributed by atoms with E-state index in [1.54, 1.807) is 25.3 Å². The smallest absolute Gasteiger partial charge is 0.214 e. The average molecular weight is 232 g/mol. The number of rotatable bonds is 7. The van der Waals surface area contributed by atoms with Gasteiger partial charge in [0.1, 0.15) is 11.8 Å². The molecule has 0 saturated heterocycles. The van der Waals surface area contributed by atoms with Crippen LogP contribution in [0.25, 0.3) is 0 Å². The highest BCUT2D eigenvalue weighted by Gasteiger charge is 1.96. The molecule has 0 aliphatic rings. The molecule has 0 aliphatic carbocycles. The number of halogens is 1. The topological polar surface area (TPSA) is 40.6 Å². The minimum absolute atomic E-state index is 0.424. The van der Waals surface area contributed by atoms with Crippen molar-refractivity contribution in [3.05, 3.63) is 23.4 Å². The molecule has 0 fully saturated rings. The predicted octanol–water partition coefficient (Wildman–Crippen LogP) is 1.78. The first-order valence-corrected chi connectivity index (χ1v) is 5.03. The van der Waals surface area contributed by atoms with Gasteiger partial charge >= 0.3 is 0 Å². The summed E-state index contributed by atoms with van der Waals surface area (Å²) in [6.45, 7) is 2.13. The highest BCUT2D eigenvalue weighted by Crippen LogP contribution is 2.10. The maximum Gasteiger partial charge on any atom is 0.214 e. The van der Waals surface area contributed by atoms with Gasteiger partial charge in [0.25, 0.3) is 0 Å². The summed E-state index contributed by atoms with van der Waals surface area (Å²) in [4.78, 5) is 3.97. The van der Waals surface area contributed by atoms with Crippen LogP contribution in [-0.2, 0) is 9.47 Å². The average Bonchev–Trinajstić information content (AvgIpc) is 2.23. The molecule has 5 heteroatoms. The number of nitrogens with zero attached hydrogens (tertiary/aromatic N) is 1. The van der Waals surface area contributed by atoms with Gasteiger partial charge in [0.05, 0.1) is 19.8 Å². The summed E-state index contributed by atoms with van der Waals surface area (Å²) in [5, 5.41) is 0.424. The van der Waals surface area contributed by atoms with Crippen molar-refractivity contribution in [2.24, 2.45) is 0 Å². The Bertz CT molecular complexity index is 283. The quantitative estimate of drug-likeness (QED) is 0.530. The van der Waals surface area contributed by atoms with Crippen molar-refractivity contribution >= 4 is 11.6 Å². The molecule has 84 valence electrons. The van der Waals surface area contributed by atoms with Crippen molar-refractivity contribution in [3.63, 3.8) is 0 Å². The van der Waals surface area contributed by atoms with Gasteiger partial charge in [0, 0.05) is 13.2 Å². The monoisotopic (exact) mass is 231 g/mol. The summed E-state index contributed by atoms with van der Waals surface area (Å²) in [5.41, 5.74) is 0. The molecule has 1 heterocycles. The molecule has 4 nitrogen and oxygen atoms in total. The van der Waals surface area contributed by atoms with Crippen LogP contribution in [0.2, 0.25) is 5.15 Å². The fraction of sp³-hybridized carbons (Fsp3) is 0.500. The zero-order valence-corrected chi connectivity index (χ0v) is 9.37. The van der Waals surface area contributed by atoms with E-state index in [4.69, 9.17) is 25.8 Å². The summed E-state index contributed by atoms with van der Waals surface area (Å²) in [5.74, 6) is 0.512. The number of methoxy groups -OCH3 is 1. The van der Waals surface area contributed by atoms with Crippen LogP contribution < -0.4 is 4.74 Å². The fourth-order valence-electron chi connectivity index (χ4n) is 0.920. The Labute approximate surface area is 94.1 Å². The summed E-state index contributed by atoms with van der Waals surface area (Å²) >= 11 is 5.69. The van der Waals surface area contributed by atoms with Gasteiger partial charge in [0.15, 0.2) is 0 Å². The van der Waals surface area contributed by atoms with Crippen molar-refractivity contribution in [3.8, 4) is 5.88 Å². The Kier molecular flexibility index (Phi) is 6.08. The van der Waals surface area contributed by atoms with Gasteiger partial charge in [-0.1, -0.05) is 17.7 Å². The Balaban J connectivity index is 2.10. The predicted molar refractivity (Wildman–Crippen MR) is 57.4 cm³/mol. The van der Waals surface area contributed by atoms with Crippen LogP contribution in [0.15, 0.2) is 18.2 Å². The number of hydrogen-bond acceptors (Lipinski definition) is 4. The SMILES string of the molecule is COCCOCCOc1cccc(Cl)n1. The Morgan fingerprint density at radius 2 is 2.00 bits per heavy atom. The van der Waals surface area contributed by atoms with E-state index in [1.807, 2.05) is 0 Å². The lowest BCUT2D eigenvalue weighted by Crippen LogP contribution is -2.10. The molecule has 0 aromatic carbocycles. The van der Waals surface area contributed by atoms with Crippen molar-refractivity contribution in [2.75, 3.05) is 33.5 Å². The van der Waals surface area contributed by atoms with Crippen molar-refractivity contribution in [1.29, 1.82) is 0 Å². The lowest BCUT2D eigenvalue weighted by Gasteiger charge is -2.05. The lowest BCUT2D eigenvalue weighted by molar-refractivity contribution is 0.0537. The number of aromatic nitrogens is 1. The third-order valence-electron chi connectivity index (χ3n) is 1.60. The molecule has 0 spiro atoms.